The molecule has 3 amide bonds. The van der Waals surface area contributed by atoms with Crippen molar-refractivity contribution in [2.45, 2.75) is 97.1 Å². The van der Waals surface area contributed by atoms with Crippen LogP contribution in [0.3, 0.4) is 0 Å². The van der Waals surface area contributed by atoms with Crippen LogP contribution in [-0.4, -0.2) is 94.7 Å². The van der Waals surface area contributed by atoms with E-state index in [0.29, 0.717) is 47.2 Å². The number of nitrogens with one attached hydrogen (secondary N) is 1. The molecule has 16 heteroatoms. The number of benzene rings is 1. The molecule has 13 nitrogen and oxygen atoms in total. The van der Waals surface area contributed by atoms with Gasteiger partial charge in [-0.1, -0.05) is 19.8 Å². The number of alkyl halides is 3. The van der Waals surface area contributed by atoms with Gasteiger partial charge in [-0.05, 0) is 61.8 Å². The third-order valence-electron chi connectivity index (χ3n) is 11.1. The molecule has 1 aromatic carbocycles. The molecule has 2 aliphatic heterocycles. The molecule has 5 heterocycles. The van der Waals surface area contributed by atoms with Gasteiger partial charge in [-0.3, -0.25) is 28.5 Å². The summed E-state index contributed by atoms with van der Waals surface area (Å²) in [5.41, 5.74) is 2.80. The van der Waals surface area contributed by atoms with Crippen LogP contribution in [-0.2, 0) is 33.9 Å². The number of ketones is 1. The van der Waals surface area contributed by atoms with Crippen molar-refractivity contribution in [3.05, 3.63) is 53.9 Å². The monoisotopic (exact) mass is 733 g/mol. The molecule has 4 aromatic rings. The van der Waals surface area contributed by atoms with Crippen LogP contribution in [0.1, 0.15) is 74.2 Å². The van der Waals surface area contributed by atoms with Crippen LogP contribution in [0.2, 0.25) is 0 Å². The fraction of sp³-hybridized carbons (Fsp3) is 0.514. The second kappa shape index (κ2) is 13.7. The molecule has 280 valence electrons. The Balaban J connectivity index is 1.28. The average molecular weight is 734 g/mol. The quantitative estimate of drug-likeness (QED) is 0.283. The van der Waals surface area contributed by atoms with Crippen LogP contribution < -0.4 is 5.32 Å². The van der Waals surface area contributed by atoms with E-state index in [9.17, 15) is 32.3 Å². The van der Waals surface area contributed by atoms with Gasteiger partial charge >= 0.3 is 6.18 Å². The molecule has 53 heavy (non-hydrogen) atoms. The first-order chi connectivity index (χ1) is 25.1. The maximum absolute atomic E-state index is 14.6. The highest BCUT2D eigenvalue weighted by Gasteiger charge is 2.73. The molecule has 0 spiro atoms. The first kappa shape index (κ1) is 36.2. The van der Waals surface area contributed by atoms with Crippen LogP contribution in [0, 0.1) is 18.3 Å². The van der Waals surface area contributed by atoms with E-state index in [1.807, 2.05) is 19.1 Å². The van der Waals surface area contributed by atoms with Gasteiger partial charge in [0.2, 0.25) is 17.7 Å². The van der Waals surface area contributed by atoms with Crippen molar-refractivity contribution in [3.63, 3.8) is 0 Å². The largest absolute Gasteiger partial charge is 0.408 e. The van der Waals surface area contributed by atoms with Gasteiger partial charge in [-0.2, -0.15) is 23.4 Å². The Morgan fingerprint density at radius 2 is 1.72 bits per heavy atom. The Labute approximate surface area is 303 Å². The predicted octanol–water partition coefficient (Wildman–Crippen LogP) is 4.97. The smallest absolute Gasteiger partial charge is 0.345 e. The van der Waals surface area contributed by atoms with Gasteiger partial charge in [0.05, 0.1) is 5.52 Å². The number of rotatable bonds is 5. The molecule has 2 bridgehead atoms. The zero-order valence-electron chi connectivity index (χ0n) is 30.1. The third-order valence-corrected chi connectivity index (χ3v) is 11.1. The molecule has 1 N–H and O–H groups in total. The van der Waals surface area contributed by atoms with E-state index in [0.717, 1.165) is 42.1 Å². The number of anilines is 1. The lowest BCUT2D eigenvalue weighted by Gasteiger charge is -2.28. The van der Waals surface area contributed by atoms with E-state index >= 15 is 0 Å². The molecular formula is C37H42F3N9O4. The molecule has 1 saturated heterocycles. The molecule has 2 fully saturated rings. The van der Waals surface area contributed by atoms with Gasteiger partial charge in [0, 0.05) is 74.0 Å². The number of carbonyl (C=O) groups excluding carboxylic acids is 4. The van der Waals surface area contributed by atoms with Crippen molar-refractivity contribution >= 4 is 40.2 Å². The molecule has 4 atom stereocenters. The number of nitrogens with zero attached hydrogens (tertiary/aromatic N) is 8. The normalized spacial score (nSPS) is 23.9. The SMILES string of the molecule is CC(=O)c1nn2c3c(cc(-c4cnc(C)nc4)cc13)CCCCCCC(=O)N(C)C[C@@]13C[C@@H](C(=O)Nc4ccn(CC(F)(F)F)n4)N(C(=O)C2)C1C3C. The highest BCUT2D eigenvalue weighted by Crippen LogP contribution is 2.64. The first-order valence-electron chi connectivity index (χ1n) is 17.9. The summed E-state index contributed by atoms with van der Waals surface area (Å²) < 4.78 is 41.2. The number of halogens is 3. The maximum Gasteiger partial charge on any atom is 0.408 e. The summed E-state index contributed by atoms with van der Waals surface area (Å²) in [5.74, 6) is -0.737. The minimum absolute atomic E-state index is 0.00542. The minimum atomic E-state index is -4.50. The van der Waals surface area contributed by atoms with Gasteiger partial charge in [0.25, 0.3) is 0 Å². The number of carbonyl (C=O) groups is 4. The Morgan fingerprint density at radius 3 is 2.42 bits per heavy atom. The summed E-state index contributed by atoms with van der Waals surface area (Å²) in [6.07, 6.45) is 4.59. The first-order valence-corrected chi connectivity index (χ1v) is 17.9. The number of hydrogen-bond acceptors (Lipinski definition) is 8. The van der Waals surface area contributed by atoms with Crippen molar-refractivity contribution in [3.8, 4) is 11.1 Å². The molecule has 3 aromatic heterocycles. The molecule has 0 radical (unpaired) electrons. The van der Waals surface area contributed by atoms with Crippen LogP contribution in [0.4, 0.5) is 19.0 Å². The summed E-state index contributed by atoms with van der Waals surface area (Å²) in [7, 11) is 1.75. The van der Waals surface area contributed by atoms with Crippen molar-refractivity contribution in [1.82, 2.24) is 39.3 Å². The highest BCUT2D eigenvalue weighted by atomic mass is 19.4. The number of aryl methyl sites for hydroxylation is 2. The van der Waals surface area contributed by atoms with E-state index < -0.39 is 36.0 Å². The molecule has 3 aliphatic rings. The summed E-state index contributed by atoms with van der Waals surface area (Å²) in [4.78, 5) is 66.8. The van der Waals surface area contributed by atoms with Gasteiger partial charge in [-0.15, -0.1) is 0 Å². The van der Waals surface area contributed by atoms with Crippen LogP contribution in [0.15, 0.2) is 36.8 Å². The standard InChI is InChI=1S/C37H42F3N9O4/c1-21-34-36(21)15-28(35(53)43-29-11-12-47(44-29)20-37(38,39)40)49(34)31(52)18-48-33-24(9-7-5-6-8-10-30(51)46(4)19-36)13-25(26-16-41-23(3)42-17-26)14-27(33)32(45-48)22(2)50/h11-14,16-17,21,28,34H,5-10,15,18-20H2,1-4H3,(H,43,44,53)/t21?,28-,34?,36+/m0/s1. The topological polar surface area (TPSA) is 148 Å². The lowest BCUT2D eigenvalue weighted by Crippen LogP contribution is -2.47. The van der Waals surface area contributed by atoms with E-state index in [-0.39, 0.29) is 48.1 Å². The summed E-state index contributed by atoms with van der Waals surface area (Å²) in [6.45, 7) is 4.00. The highest BCUT2D eigenvalue weighted by molar-refractivity contribution is 6.07. The maximum atomic E-state index is 14.6. The lowest BCUT2D eigenvalue weighted by molar-refractivity contribution is -0.142. The second-order valence-corrected chi connectivity index (χ2v) is 14.8. The predicted molar refractivity (Wildman–Crippen MR) is 187 cm³/mol. The van der Waals surface area contributed by atoms with Gasteiger partial charge < -0.3 is 15.1 Å². The second-order valence-electron chi connectivity index (χ2n) is 14.8. The Bertz CT molecular complexity index is 2090. The van der Waals surface area contributed by atoms with Crippen molar-refractivity contribution < 1.29 is 32.3 Å². The Hall–Kier alpha value is -5.15. The van der Waals surface area contributed by atoms with E-state index in [1.165, 1.54) is 13.0 Å². The zero-order chi connectivity index (χ0) is 37.8. The molecule has 1 saturated carbocycles. The zero-order valence-corrected chi connectivity index (χ0v) is 30.1. The van der Waals surface area contributed by atoms with Gasteiger partial charge in [-0.25, -0.2) is 9.97 Å². The van der Waals surface area contributed by atoms with Gasteiger partial charge in [0.15, 0.2) is 11.6 Å². The summed E-state index contributed by atoms with van der Waals surface area (Å²) >= 11 is 0. The molecular weight excluding hydrogens is 691 g/mol. The van der Waals surface area contributed by atoms with Crippen molar-refractivity contribution in [2.24, 2.45) is 11.3 Å². The van der Waals surface area contributed by atoms with Crippen LogP contribution in [0.5, 0.6) is 0 Å². The fourth-order valence-electron chi connectivity index (χ4n) is 8.46. The number of Topliss-reactive ketones (excluding diaryl/α,β-unsaturated/α-hetero) is 1. The van der Waals surface area contributed by atoms with Crippen LogP contribution in [0.25, 0.3) is 22.0 Å². The van der Waals surface area contributed by atoms with Gasteiger partial charge in [0.1, 0.15) is 30.6 Å². The van der Waals surface area contributed by atoms with E-state index in [1.54, 1.807) is 40.8 Å². The summed E-state index contributed by atoms with van der Waals surface area (Å²) in [5, 5.41) is 11.8. The van der Waals surface area contributed by atoms with E-state index in [2.05, 4.69) is 20.4 Å². The van der Waals surface area contributed by atoms with Crippen LogP contribution >= 0.6 is 0 Å². The molecule has 1 aliphatic carbocycles. The average Bonchev–Trinajstić information content (AvgIpc) is 3.51. The lowest BCUT2D eigenvalue weighted by atomic mass is 9.94. The number of hydrogen-bond donors (Lipinski definition) is 1. The Kier molecular flexibility index (Phi) is 9.35. The Morgan fingerprint density at radius 1 is 1.00 bits per heavy atom. The van der Waals surface area contributed by atoms with Crippen molar-refractivity contribution in [1.29, 1.82) is 0 Å². The number of piperidine rings is 1. The molecule has 2 unspecified atom stereocenters. The third kappa shape index (κ3) is 7.02. The molecule has 7 rings (SSSR count). The van der Waals surface area contributed by atoms with Crippen molar-refractivity contribution in [2.75, 3.05) is 18.9 Å². The minimum Gasteiger partial charge on any atom is -0.345 e. The number of aromatic nitrogens is 6. The summed E-state index contributed by atoms with van der Waals surface area (Å²) in [6, 6.07) is 3.81. The van der Waals surface area contributed by atoms with E-state index in [4.69, 9.17) is 5.10 Å². The fourth-order valence-corrected chi connectivity index (χ4v) is 8.46. The number of amides is 3.